The normalized spacial score (nSPS) is 20.8. The van der Waals surface area contributed by atoms with E-state index in [-0.39, 0.29) is 11.5 Å². The van der Waals surface area contributed by atoms with Crippen LogP contribution in [-0.2, 0) is 30.7 Å². The monoisotopic (exact) mass is 375 g/mol. The number of carbonyl (C=O) groups excluding carboxylic acids is 1. The molecule has 138 valence electrons. The van der Waals surface area contributed by atoms with Gasteiger partial charge in [-0.3, -0.25) is 4.79 Å². The van der Waals surface area contributed by atoms with Gasteiger partial charge in [0.05, 0.1) is 18.6 Å². The SMILES string of the molecule is COC(=O)[C@H]1CO[C@@H](Cc2ccccc2)N1S(=O)(=O)c1ccc(C)cc1. The first-order valence-electron chi connectivity index (χ1n) is 8.27. The van der Waals surface area contributed by atoms with Gasteiger partial charge in [0.2, 0.25) is 10.0 Å². The van der Waals surface area contributed by atoms with Crippen molar-refractivity contribution in [2.75, 3.05) is 13.7 Å². The van der Waals surface area contributed by atoms with E-state index < -0.39 is 28.3 Å². The lowest BCUT2D eigenvalue weighted by Gasteiger charge is -2.26. The second kappa shape index (κ2) is 7.57. The molecule has 0 saturated carbocycles. The molecule has 2 aromatic rings. The first-order chi connectivity index (χ1) is 12.4. The van der Waals surface area contributed by atoms with Crippen molar-refractivity contribution in [1.29, 1.82) is 0 Å². The van der Waals surface area contributed by atoms with Crippen molar-refractivity contribution in [2.45, 2.75) is 30.5 Å². The van der Waals surface area contributed by atoms with E-state index in [0.29, 0.717) is 6.42 Å². The van der Waals surface area contributed by atoms with Crippen LogP contribution in [0.4, 0.5) is 0 Å². The molecule has 1 heterocycles. The second-order valence-electron chi connectivity index (χ2n) is 6.16. The van der Waals surface area contributed by atoms with E-state index >= 15 is 0 Å². The van der Waals surface area contributed by atoms with E-state index in [0.717, 1.165) is 15.4 Å². The van der Waals surface area contributed by atoms with E-state index in [4.69, 9.17) is 9.47 Å². The number of benzene rings is 2. The van der Waals surface area contributed by atoms with Gasteiger partial charge < -0.3 is 9.47 Å². The molecule has 1 fully saturated rings. The van der Waals surface area contributed by atoms with Gasteiger partial charge in [0.1, 0.15) is 12.3 Å². The maximum absolute atomic E-state index is 13.2. The Hall–Kier alpha value is -2.22. The molecule has 1 aliphatic rings. The van der Waals surface area contributed by atoms with E-state index in [1.807, 2.05) is 37.3 Å². The fourth-order valence-corrected chi connectivity index (χ4v) is 4.63. The van der Waals surface area contributed by atoms with Gasteiger partial charge in [0.15, 0.2) is 0 Å². The van der Waals surface area contributed by atoms with Crippen molar-refractivity contribution in [3.63, 3.8) is 0 Å². The highest BCUT2D eigenvalue weighted by molar-refractivity contribution is 7.89. The Bertz CT molecular complexity index is 865. The molecule has 26 heavy (non-hydrogen) atoms. The van der Waals surface area contributed by atoms with Gasteiger partial charge in [0.25, 0.3) is 0 Å². The van der Waals surface area contributed by atoms with Crippen LogP contribution in [0.1, 0.15) is 11.1 Å². The highest BCUT2D eigenvalue weighted by atomic mass is 32.2. The molecule has 6 nitrogen and oxygen atoms in total. The zero-order valence-corrected chi connectivity index (χ0v) is 15.5. The lowest BCUT2D eigenvalue weighted by Crippen LogP contribution is -2.46. The highest BCUT2D eigenvalue weighted by Crippen LogP contribution is 2.29. The van der Waals surface area contributed by atoms with Gasteiger partial charge in [-0.25, -0.2) is 8.42 Å². The van der Waals surface area contributed by atoms with E-state index in [9.17, 15) is 13.2 Å². The highest BCUT2D eigenvalue weighted by Gasteiger charge is 2.47. The molecule has 0 amide bonds. The standard InChI is InChI=1S/C19H21NO5S/c1-14-8-10-16(11-9-14)26(22,23)20-17(19(21)24-2)13-25-18(20)12-15-6-4-3-5-7-15/h3-11,17-18H,12-13H2,1-2H3/t17-,18+/m1/s1. The third kappa shape index (κ3) is 3.65. The molecular formula is C19H21NO5S. The smallest absolute Gasteiger partial charge is 0.326 e. The topological polar surface area (TPSA) is 72.9 Å². The lowest BCUT2D eigenvalue weighted by molar-refractivity contribution is -0.144. The first-order valence-corrected chi connectivity index (χ1v) is 9.71. The lowest BCUT2D eigenvalue weighted by atomic mass is 10.1. The number of ether oxygens (including phenoxy) is 2. The zero-order chi connectivity index (χ0) is 18.7. The Morgan fingerprint density at radius 2 is 1.81 bits per heavy atom. The molecular weight excluding hydrogens is 354 g/mol. The van der Waals surface area contributed by atoms with Gasteiger partial charge >= 0.3 is 5.97 Å². The van der Waals surface area contributed by atoms with E-state index in [1.54, 1.807) is 12.1 Å². The van der Waals surface area contributed by atoms with E-state index in [1.165, 1.54) is 19.2 Å². The van der Waals surface area contributed by atoms with E-state index in [2.05, 4.69) is 0 Å². The number of esters is 1. The summed E-state index contributed by atoms with van der Waals surface area (Å²) in [7, 11) is -2.68. The Labute approximate surface area is 153 Å². The minimum absolute atomic E-state index is 0.0325. The Morgan fingerprint density at radius 1 is 1.15 bits per heavy atom. The van der Waals surface area contributed by atoms with Crippen molar-refractivity contribution >= 4 is 16.0 Å². The molecule has 3 rings (SSSR count). The third-order valence-corrected chi connectivity index (χ3v) is 6.27. The van der Waals surface area contributed by atoms with Crippen LogP contribution in [0.15, 0.2) is 59.5 Å². The largest absolute Gasteiger partial charge is 0.468 e. The van der Waals surface area contributed by atoms with Crippen LogP contribution >= 0.6 is 0 Å². The number of carbonyl (C=O) groups is 1. The molecule has 0 N–H and O–H groups in total. The van der Waals surface area contributed by atoms with Gasteiger partial charge in [-0.1, -0.05) is 48.0 Å². The third-order valence-electron chi connectivity index (χ3n) is 4.36. The van der Waals surface area contributed by atoms with Gasteiger partial charge in [-0.05, 0) is 24.6 Å². The van der Waals surface area contributed by atoms with Crippen molar-refractivity contribution in [3.05, 3.63) is 65.7 Å². The summed E-state index contributed by atoms with van der Waals surface area (Å²) in [6, 6.07) is 15.0. The number of nitrogens with zero attached hydrogens (tertiary/aromatic N) is 1. The second-order valence-corrected chi connectivity index (χ2v) is 8.01. The Morgan fingerprint density at radius 3 is 2.42 bits per heavy atom. The molecule has 0 aromatic heterocycles. The average Bonchev–Trinajstić information content (AvgIpc) is 3.06. The Balaban J connectivity index is 1.97. The number of hydrogen-bond acceptors (Lipinski definition) is 5. The van der Waals surface area contributed by atoms with Gasteiger partial charge in [0, 0.05) is 6.42 Å². The number of methoxy groups -OCH3 is 1. The average molecular weight is 375 g/mol. The van der Waals surface area contributed by atoms with Crippen LogP contribution in [-0.4, -0.2) is 44.7 Å². The Kier molecular flexibility index (Phi) is 5.41. The van der Waals surface area contributed by atoms with Crippen molar-refractivity contribution in [1.82, 2.24) is 4.31 Å². The van der Waals surface area contributed by atoms with Crippen LogP contribution in [0.5, 0.6) is 0 Å². The summed E-state index contributed by atoms with van der Waals surface area (Å²) in [6.07, 6.45) is -0.424. The van der Waals surface area contributed by atoms with Gasteiger partial charge in [-0.2, -0.15) is 4.31 Å². The molecule has 1 saturated heterocycles. The molecule has 2 atom stereocenters. The van der Waals surface area contributed by atoms with Crippen molar-refractivity contribution < 1.29 is 22.7 Å². The van der Waals surface area contributed by atoms with Crippen LogP contribution in [0, 0.1) is 6.92 Å². The maximum atomic E-state index is 13.2. The summed E-state index contributed by atoms with van der Waals surface area (Å²) >= 11 is 0. The van der Waals surface area contributed by atoms with Crippen LogP contribution in [0.25, 0.3) is 0 Å². The molecule has 0 radical (unpaired) electrons. The van der Waals surface area contributed by atoms with Crippen molar-refractivity contribution in [3.8, 4) is 0 Å². The summed E-state index contributed by atoms with van der Waals surface area (Å²) in [6.45, 7) is 1.85. The molecule has 2 aromatic carbocycles. The summed E-state index contributed by atoms with van der Waals surface area (Å²) in [5.41, 5.74) is 1.87. The molecule has 1 aliphatic heterocycles. The number of aryl methyl sites for hydroxylation is 1. The van der Waals surface area contributed by atoms with Crippen LogP contribution in [0.2, 0.25) is 0 Å². The summed E-state index contributed by atoms with van der Waals surface area (Å²) in [5.74, 6) is -0.628. The fraction of sp³-hybridized carbons (Fsp3) is 0.316. The fourth-order valence-electron chi connectivity index (χ4n) is 2.98. The number of rotatable bonds is 5. The quantitative estimate of drug-likeness (QED) is 0.749. The zero-order valence-electron chi connectivity index (χ0n) is 14.7. The number of sulfonamides is 1. The predicted octanol–water partition coefficient (Wildman–Crippen LogP) is 2.13. The summed E-state index contributed by atoms with van der Waals surface area (Å²) in [5, 5.41) is 0. The maximum Gasteiger partial charge on any atom is 0.326 e. The molecule has 0 spiro atoms. The minimum Gasteiger partial charge on any atom is -0.468 e. The van der Waals surface area contributed by atoms with Crippen LogP contribution in [0.3, 0.4) is 0 Å². The van der Waals surface area contributed by atoms with Crippen LogP contribution < -0.4 is 0 Å². The summed E-state index contributed by atoms with van der Waals surface area (Å²) < 4.78 is 38.0. The number of hydrogen-bond donors (Lipinski definition) is 0. The predicted molar refractivity (Wildman–Crippen MR) is 95.9 cm³/mol. The molecule has 0 bridgehead atoms. The molecule has 0 aliphatic carbocycles. The minimum atomic E-state index is -3.92. The van der Waals surface area contributed by atoms with Crippen molar-refractivity contribution in [2.24, 2.45) is 0 Å². The summed E-state index contributed by atoms with van der Waals surface area (Å²) in [4.78, 5) is 12.3. The molecule has 0 unspecified atom stereocenters. The van der Waals surface area contributed by atoms with Gasteiger partial charge in [-0.15, -0.1) is 0 Å². The molecule has 7 heteroatoms. The first kappa shape index (κ1) is 18.6.